The van der Waals surface area contributed by atoms with E-state index in [9.17, 15) is 0 Å². The molecule has 0 aliphatic carbocycles. The Bertz CT molecular complexity index is 438. The summed E-state index contributed by atoms with van der Waals surface area (Å²) in [5.41, 5.74) is 1.97. The number of nitrogens with one attached hydrogen (secondary N) is 1. The summed E-state index contributed by atoms with van der Waals surface area (Å²) < 4.78 is 8.73. The average molecular weight is 277 g/mol. The molecule has 0 fully saturated rings. The van der Waals surface area contributed by atoms with E-state index in [1.54, 1.807) is 18.0 Å². The van der Waals surface area contributed by atoms with Gasteiger partial charge in [0.15, 0.2) is 0 Å². The summed E-state index contributed by atoms with van der Waals surface area (Å²) in [4.78, 5) is 0. The van der Waals surface area contributed by atoms with Crippen molar-refractivity contribution in [3.63, 3.8) is 0 Å². The molecular formula is C16H23NOS. The second-order valence-corrected chi connectivity index (χ2v) is 4.19. The van der Waals surface area contributed by atoms with Crippen LogP contribution in [-0.4, -0.2) is 6.26 Å². The van der Waals surface area contributed by atoms with Gasteiger partial charge in [0.25, 0.3) is 0 Å². The van der Waals surface area contributed by atoms with Gasteiger partial charge in [-0.15, -0.1) is 0 Å². The third kappa shape index (κ3) is 8.16. The molecule has 0 saturated carbocycles. The SMILES string of the molecule is C=C(C)/C=C\C(=C)Oc1cccc(NSC)c1.CC. The summed E-state index contributed by atoms with van der Waals surface area (Å²) in [5.74, 6) is 1.36. The van der Waals surface area contributed by atoms with Crippen molar-refractivity contribution < 1.29 is 4.74 Å². The summed E-state index contributed by atoms with van der Waals surface area (Å²) in [6, 6.07) is 7.74. The van der Waals surface area contributed by atoms with Gasteiger partial charge in [-0.25, -0.2) is 0 Å². The molecule has 0 spiro atoms. The summed E-state index contributed by atoms with van der Waals surface area (Å²) in [7, 11) is 0. The molecule has 19 heavy (non-hydrogen) atoms. The van der Waals surface area contributed by atoms with E-state index in [1.165, 1.54) is 0 Å². The molecule has 0 saturated heterocycles. The van der Waals surface area contributed by atoms with Gasteiger partial charge < -0.3 is 9.46 Å². The van der Waals surface area contributed by atoms with Crippen LogP contribution in [0.1, 0.15) is 20.8 Å². The second-order valence-electron chi connectivity index (χ2n) is 3.58. The molecule has 0 amide bonds. The molecule has 1 aromatic rings. The standard InChI is InChI=1S/C14H17NOS.C2H6/c1-11(2)8-9-12(3)16-14-7-5-6-13(10-14)15-17-4;1-2/h5-10,15H,1,3H2,2,4H3;1-2H3/b9-8-;. The Morgan fingerprint density at radius 1 is 1.26 bits per heavy atom. The van der Waals surface area contributed by atoms with Gasteiger partial charge in [-0.05, 0) is 25.1 Å². The normalized spacial score (nSPS) is 9.47. The number of hydrogen-bond donors (Lipinski definition) is 1. The van der Waals surface area contributed by atoms with E-state index in [4.69, 9.17) is 4.74 Å². The monoisotopic (exact) mass is 277 g/mol. The van der Waals surface area contributed by atoms with Crippen LogP contribution in [0.25, 0.3) is 0 Å². The molecule has 0 radical (unpaired) electrons. The molecule has 1 N–H and O–H groups in total. The molecule has 2 nitrogen and oxygen atoms in total. The smallest absolute Gasteiger partial charge is 0.129 e. The van der Waals surface area contributed by atoms with E-state index < -0.39 is 0 Å². The predicted molar refractivity (Wildman–Crippen MR) is 88.6 cm³/mol. The molecular weight excluding hydrogens is 254 g/mol. The van der Waals surface area contributed by atoms with Gasteiger partial charge in [-0.2, -0.15) is 0 Å². The lowest BCUT2D eigenvalue weighted by molar-refractivity contribution is 0.447. The van der Waals surface area contributed by atoms with E-state index in [1.807, 2.05) is 57.4 Å². The van der Waals surface area contributed by atoms with E-state index in [0.29, 0.717) is 5.76 Å². The van der Waals surface area contributed by atoms with Crippen molar-refractivity contribution >= 4 is 17.6 Å². The van der Waals surface area contributed by atoms with Crippen molar-refractivity contribution in [2.24, 2.45) is 0 Å². The van der Waals surface area contributed by atoms with Gasteiger partial charge in [0, 0.05) is 18.0 Å². The Hall–Kier alpha value is -1.61. The minimum absolute atomic E-state index is 0.592. The Kier molecular flexibility index (Phi) is 9.45. The highest BCUT2D eigenvalue weighted by Gasteiger charge is 1.97. The van der Waals surface area contributed by atoms with Crippen molar-refractivity contribution in [3.8, 4) is 5.75 Å². The lowest BCUT2D eigenvalue weighted by Gasteiger charge is -2.07. The highest BCUT2D eigenvalue weighted by Crippen LogP contribution is 2.21. The number of allylic oxidation sites excluding steroid dienone is 3. The molecule has 0 unspecified atom stereocenters. The highest BCUT2D eigenvalue weighted by molar-refractivity contribution is 7.99. The van der Waals surface area contributed by atoms with Crippen molar-refractivity contribution in [3.05, 3.63) is 60.9 Å². The first-order chi connectivity index (χ1) is 9.11. The Morgan fingerprint density at radius 2 is 1.95 bits per heavy atom. The molecule has 0 aliphatic heterocycles. The van der Waals surface area contributed by atoms with Crippen LogP contribution in [0, 0.1) is 0 Å². The maximum absolute atomic E-state index is 5.58. The van der Waals surface area contributed by atoms with Crippen molar-refractivity contribution in [2.45, 2.75) is 20.8 Å². The van der Waals surface area contributed by atoms with Crippen molar-refractivity contribution in [1.82, 2.24) is 0 Å². The summed E-state index contributed by atoms with van der Waals surface area (Å²) >= 11 is 1.54. The average Bonchev–Trinajstić information content (AvgIpc) is 2.39. The van der Waals surface area contributed by atoms with Gasteiger partial charge >= 0.3 is 0 Å². The fourth-order valence-electron chi connectivity index (χ4n) is 1.16. The van der Waals surface area contributed by atoms with Crippen LogP contribution in [-0.2, 0) is 0 Å². The quantitative estimate of drug-likeness (QED) is 0.426. The summed E-state index contributed by atoms with van der Waals surface area (Å²) in [6.07, 6.45) is 5.64. The third-order valence-corrected chi connectivity index (χ3v) is 2.30. The molecule has 104 valence electrons. The van der Waals surface area contributed by atoms with Crippen LogP contribution in [0.15, 0.2) is 60.9 Å². The van der Waals surface area contributed by atoms with Crippen LogP contribution >= 0.6 is 11.9 Å². The minimum atomic E-state index is 0.592. The van der Waals surface area contributed by atoms with Crippen molar-refractivity contribution in [1.29, 1.82) is 0 Å². The largest absolute Gasteiger partial charge is 0.458 e. The summed E-state index contributed by atoms with van der Waals surface area (Å²) in [5, 5.41) is 0. The lowest BCUT2D eigenvalue weighted by Crippen LogP contribution is -1.91. The Labute approximate surface area is 121 Å². The van der Waals surface area contributed by atoms with E-state index in [2.05, 4.69) is 17.9 Å². The fraction of sp³-hybridized carbons (Fsp3) is 0.250. The summed E-state index contributed by atoms with van der Waals surface area (Å²) in [6.45, 7) is 13.5. The Morgan fingerprint density at radius 3 is 2.53 bits per heavy atom. The molecule has 0 aliphatic rings. The Balaban J connectivity index is 0.00000154. The molecule has 1 aromatic carbocycles. The number of ether oxygens (including phenoxy) is 1. The number of benzene rings is 1. The van der Waals surface area contributed by atoms with Gasteiger partial charge in [-0.3, -0.25) is 0 Å². The molecule has 0 bridgehead atoms. The zero-order valence-corrected chi connectivity index (χ0v) is 13.0. The zero-order chi connectivity index (χ0) is 14.7. The van der Waals surface area contributed by atoms with E-state index in [0.717, 1.165) is 17.0 Å². The highest BCUT2D eigenvalue weighted by atomic mass is 32.2. The van der Waals surface area contributed by atoms with Crippen LogP contribution in [0.4, 0.5) is 5.69 Å². The van der Waals surface area contributed by atoms with Gasteiger partial charge in [-0.1, -0.05) is 56.7 Å². The first-order valence-electron chi connectivity index (χ1n) is 6.21. The van der Waals surface area contributed by atoms with Crippen LogP contribution in [0.3, 0.4) is 0 Å². The first kappa shape index (κ1) is 17.4. The molecule has 0 heterocycles. The van der Waals surface area contributed by atoms with E-state index in [-0.39, 0.29) is 0 Å². The number of anilines is 1. The van der Waals surface area contributed by atoms with Crippen molar-refractivity contribution in [2.75, 3.05) is 11.0 Å². The van der Waals surface area contributed by atoms with Gasteiger partial charge in [0.1, 0.15) is 11.5 Å². The molecule has 0 atom stereocenters. The first-order valence-corrected chi connectivity index (χ1v) is 7.43. The van der Waals surface area contributed by atoms with Gasteiger partial charge in [0.2, 0.25) is 0 Å². The number of rotatable bonds is 6. The van der Waals surface area contributed by atoms with Crippen LogP contribution < -0.4 is 9.46 Å². The van der Waals surface area contributed by atoms with Crippen LogP contribution in [0.5, 0.6) is 5.75 Å². The zero-order valence-electron chi connectivity index (χ0n) is 12.2. The fourth-order valence-corrected chi connectivity index (χ4v) is 1.52. The van der Waals surface area contributed by atoms with E-state index >= 15 is 0 Å². The van der Waals surface area contributed by atoms with Crippen LogP contribution in [0.2, 0.25) is 0 Å². The second kappa shape index (κ2) is 10.3. The topological polar surface area (TPSA) is 21.3 Å². The maximum atomic E-state index is 5.58. The molecule has 0 aromatic heterocycles. The lowest BCUT2D eigenvalue weighted by atomic mass is 10.3. The predicted octanol–water partition coefficient (Wildman–Crippen LogP) is 5.43. The molecule has 3 heteroatoms. The third-order valence-electron chi connectivity index (χ3n) is 1.86. The number of hydrogen-bond acceptors (Lipinski definition) is 3. The maximum Gasteiger partial charge on any atom is 0.129 e. The van der Waals surface area contributed by atoms with Gasteiger partial charge in [0.05, 0.1) is 0 Å². The molecule has 1 rings (SSSR count). The minimum Gasteiger partial charge on any atom is -0.458 e.